The molecule has 0 spiro atoms. The highest BCUT2D eigenvalue weighted by atomic mass is 32.2. The summed E-state index contributed by atoms with van der Waals surface area (Å²) >= 11 is 0. The van der Waals surface area contributed by atoms with Crippen molar-refractivity contribution in [3.63, 3.8) is 0 Å². The molecule has 0 saturated carbocycles. The molecular formula is C22H27N3O5S. The van der Waals surface area contributed by atoms with E-state index in [4.69, 9.17) is 4.74 Å². The highest BCUT2D eigenvalue weighted by Crippen LogP contribution is 2.22. The quantitative estimate of drug-likeness (QED) is 0.659. The topological polar surface area (TPSA) is 96.0 Å². The fourth-order valence-corrected chi connectivity index (χ4v) is 4.79. The third-order valence-electron chi connectivity index (χ3n) is 5.08. The van der Waals surface area contributed by atoms with Crippen LogP contribution in [0.4, 0.5) is 11.4 Å². The van der Waals surface area contributed by atoms with Crippen LogP contribution in [0, 0.1) is 0 Å². The van der Waals surface area contributed by atoms with Gasteiger partial charge in [-0.3, -0.25) is 4.79 Å². The number of nitrogens with zero attached hydrogens (tertiary/aromatic N) is 2. The number of benzene rings is 2. The van der Waals surface area contributed by atoms with Gasteiger partial charge in [0.1, 0.15) is 0 Å². The Kier molecular flexibility index (Phi) is 6.97. The summed E-state index contributed by atoms with van der Waals surface area (Å²) in [5.74, 6) is -1.24. The van der Waals surface area contributed by atoms with Crippen molar-refractivity contribution >= 4 is 33.3 Å². The molecule has 166 valence electrons. The van der Waals surface area contributed by atoms with E-state index in [1.54, 1.807) is 12.1 Å². The van der Waals surface area contributed by atoms with Gasteiger partial charge < -0.3 is 15.0 Å². The maximum Gasteiger partial charge on any atom is 0.338 e. The maximum atomic E-state index is 12.7. The minimum atomic E-state index is -3.65. The van der Waals surface area contributed by atoms with Gasteiger partial charge in [-0.05, 0) is 62.2 Å². The second-order valence-corrected chi connectivity index (χ2v) is 9.56. The summed E-state index contributed by atoms with van der Waals surface area (Å²) in [6.45, 7) is 2.42. The fourth-order valence-electron chi connectivity index (χ4n) is 3.23. The molecule has 1 aliphatic rings. The summed E-state index contributed by atoms with van der Waals surface area (Å²) in [4.78, 5) is 26.9. The largest absolute Gasteiger partial charge is 0.449 e. The highest BCUT2D eigenvalue weighted by molar-refractivity contribution is 7.89. The minimum Gasteiger partial charge on any atom is -0.449 e. The van der Waals surface area contributed by atoms with E-state index in [0.717, 1.165) is 18.5 Å². The number of hydrogen-bond donors (Lipinski definition) is 1. The Labute approximate surface area is 182 Å². The molecule has 0 bridgehead atoms. The van der Waals surface area contributed by atoms with Crippen molar-refractivity contribution in [3.8, 4) is 0 Å². The summed E-state index contributed by atoms with van der Waals surface area (Å²) in [5.41, 5.74) is 1.65. The Bertz CT molecular complexity index is 1050. The monoisotopic (exact) mass is 445 g/mol. The molecule has 1 saturated heterocycles. The Hall–Kier alpha value is -2.91. The molecule has 9 heteroatoms. The molecule has 2 aromatic carbocycles. The lowest BCUT2D eigenvalue weighted by Gasteiger charge is -2.17. The molecule has 1 fully saturated rings. The van der Waals surface area contributed by atoms with Crippen molar-refractivity contribution in [1.29, 1.82) is 0 Å². The second-order valence-electron chi connectivity index (χ2n) is 7.62. The lowest BCUT2D eigenvalue weighted by atomic mass is 10.2. The zero-order chi connectivity index (χ0) is 22.6. The smallest absolute Gasteiger partial charge is 0.338 e. The van der Waals surface area contributed by atoms with Crippen molar-refractivity contribution in [3.05, 3.63) is 54.1 Å². The van der Waals surface area contributed by atoms with Crippen LogP contribution in [-0.4, -0.2) is 57.9 Å². The number of esters is 1. The first-order valence-electron chi connectivity index (χ1n) is 10.1. The highest BCUT2D eigenvalue weighted by Gasteiger charge is 2.28. The number of carbonyl (C=O) groups is 2. The summed E-state index contributed by atoms with van der Waals surface area (Å²) in [6.07, 6.45) is 0.594. The van der Waals surface area contributed by atoms with Crippen LogP contribution in [0.15, 0.2) is 53.4 Å². The summed E-state index contributed by atoms with van der Waals surface area (Å²) < 4.78 is 32.1. The second kappa shape index (κ2) is 9.49. The van der Waals surface area contributed by atoms with Gasteiger partial charge in [-0.15, -0.1) is 0 Å². The number of hydrogen-bond acceptors (Lipinski definition) is 6. The Morgan fingerprint density at radius 3 is 2.32 bits per heavy atom. The Morgan fingerprint density at radius 2 is 1.71 bits per heavy atom. The third-order valence-corrected chi connectivity index (χ3v) is 6.97. The SMILES string of the molecule is C[C@H](OC(=O)c1cccc(S(=O)(=O)N2CCCC2)c1)C(=O)Nc1ccc(N(C)C)cc1. The van der Waals surface area contributed by atoms with Gasteiger partial charge in [-0.1, -0.05) is 6.07 Å². The summed E-state index contributed by atoms with van der Waals surface area (Å²) in [5, 5.41) is 2.70. The molecule has 0 radical (unpaired) electrons. The molecular weight excluding hydrogens is 418 g/mol. The number of ether oxygens (including phenoxy) is 1. The molecule has 31 heavy (non-hydrogen) atoms. The fraction of sp³-hybridized carbons (Fsp3) is 0.364. The normalized spacial score (nSPS) is 15.3. The first-order valence-corrected chi connectivity index (χ1v) is 11.5. The van der Waals surface area contributed by atoms with E-state index in [1.165, 1.54) is 35.5 Å². The Morgan fingerprint density at radius 1 is 1.06 bits per heavy atom. The zero-order valence-electron chi connectivity index (χ0n) is 17.9. The average molecular weight is 446 g/mol. The van der Waals surface area contributed by atoms with E-state index < -0.39 is 28.0 Å². The van der Waals surface area contributed by atoms with Crippen LogP contribution in [0.2, 0.25) is 0 Å². The molecule has 1 atom stereocenters. The molecule has 0 aliphatic carbocycles. The standard InChI is InChI=1S/C22H27N3O5S/c1-16(21(26)23-18-9-11-19(12-10-18)24(2)3)30-22(27)17-7-6-8-20(15-17)31(28,29)25-13-4-5-14-25/h6-12,15-16H,4-5,13-14H2,1-3H3,(H,23,26)/t16-/m0/s1. The zero-order valence-corrected chi connectivity index (χ0v) is 18.7. The predicted molar refractivity (Wildman–Crippen MR) is 119 cm³/mol. The van der Waals surface area contributed by atoms with Gasteiger partial charge >= 0.3 is 5.97 Å². The molecule has 1 N–H and O–H groups in total. The van der Waals surface area contributed by atoms with Crippen molar-refractivity contribution < 1.29 is 22.7 Å². The molecule has 1 amide bonds. The van der Waals surface area contributed by atoms with Gasteiger partial charge in [0.15, 0.2) is 6.10 Å². The van der Waals surface area contributed by atoms with Gasteiger partial charge in [0.25, 0.3) is 5.91 Å². The van der Waals surface area contributed by atoms with E-state index in [1.807, 2.05) is 31.1 Å². The first-order chi connectivity index (χ1) is 14.7. The summed E-state index contributed by atoms with van der Waals surface area (Å²) in [6, 6.07) is 12.9. The molecule has 0 aromatic heterocycles. The van der Waals surface area contributed by atoms with E-state index >= 15 is 0 Å². The number of carbonyl (C=O) groups excluding carboxylic acids is 2. The van der Waals surface area contributed by atoms with E-state index in [9.17, 15) is 18.0 Å². The van der Waals surface area contributed by atoms with Gasteiger partial charge in [-0.25, -0.2) is 13.2 Å². The predicted octanol–water partition coefficient (Wildman–Crippen LogP) is 2.72. The first kappa shape index (κ1) is 22.8. The molecule has 3 rings (SSSR count). The molecule has 1 aliphatic heterocycles. The Balaban J connectivity index is 1.64. The minimum absolute atomic E-state index is 0.0435. The van der Waals surface area contributed by atoms with Crippen molar-refractivity contribution in [2.75, 3.05) is 37.4 Å². The van der Waals surface area contributed by atoms with Crippen LogP contribution in [0.1, 0.15) is 30.1 Å². The van der Waals surface area contributed by atoms with Gasteiger partial charge in [0.05, 0.1) is 10.5 Å². The van der Waals surface area contributed by atoms with Crippen LogP contribution in [0.25, 0.3) is 0 Å². The maximum absolute atomic E-state index is 12.7. The van der Waals surface area contributed by atoms with E-state index in [0.29, 0.717) is 18.8 Å². The number of amides is 1. The molecule has 8 nitrogen and oxygen atoms in total. The van der Waals surface area contributed by atoms with Crippen molar-refractivity contribution in [2.45, 2.75) is 30.8 Å². The molecule has 0 unspecified atom stereocenters. The van der Waals surface area contributed by atoms with Gasteiger partial charge in [-0.2, -0.15) is 4.31 Å². The van der Waals surface area contributed by atoms with Crippen LogP contribution in [0.5, 0.6) is 0 Å². The van der Waals surface area contributed by atoms with Crippen LogP contribution >= 0.6 is 0 Å². The van der Waals surface area contributed by atoms with Gasteiger partial charge in [0, 0.05) is 38.6 Å². The number of sulfonamides is 1. The van der Waals surface area contributed by atoms with Crippen molar-refractivity contribution in [2.24, 2.45) is 0 Å². The number of nitrogens with one attached hydrogen (secondary N) is 1. The number of rotatable bonds is 7. The van der Waals surface area contributed by atoms with Crippen LogP contribution in [0.3, 0.4) is 0 Å². The van der Waals surface area contributed by atoms with Gasteiger partial charge in [0.2, 0.25) is 10.0 Å². The van der Waals surface area contributed by atoms with Crippen LogP contribution < -0.4 is 10.2 Å². The van der Waals surface area contributed by atoms with E-state index in [-0.39, 0.29) is 10.5 Å². The number of anilines is 2. The lowest BCUT2D eigenvalue weighted by Crippen LogP contribution is -2.30. The van der Waals surface area contributed by atoms with E-state index in [2.05, 4.69) is 5.32 Å². The lowest BCUT2D eigenvalue weighted by molar-refractivity contribution is -0.123. The molecule has 2 aromatic rings. The summed E-state index contributed by atoms with van der Waals surface area (Å²) in [7, 11) is 0.187. The molecule has 1 heterocycles. The average Bonchev–Trinajstić information content (AvgIpc) is 3.30. The third kappa shape index (κ3) is 5.42. The van der Waals surface area contributed by atoms with Crippen LogP contribution in [-0.2, 0) is 19.6 Å². The van der Waals surface area contributed by atoms with Crippen molar-refractivity contribution in [1.82, 2.24) is 4.31 Å².